The summed E-state index contributed by atoms with van der Waals surface area (Å²) < 4.78 is 9.62. The number of aliphatic carboxylic acids is 1. The Hall–Kier alpha value is -1.63. The number of rotatable bonds is 8. The maximum atomic E-state index is 11.7. The molecule has 0 aromatic rings. The Morgan fingerprint density at radius 1 is 1.10 bits per heavy atom. The highest BCUT2D eigenvalue weighted by molar-refractivity contribution is 5.89. The van der Waals surface area contributed by atoms with Gasteiger partial charge in [-0.25, -0.2) is 4.79 Å². The van der Waals surface area contributed by atoms with Crippen molar-refractivity contribution in [2.45, 2.75) is 52.2 Å². The number of carbonyl (C=O) groups is 3. The van der Waals surface area contributed by atoms with Gasteiger partial charge in [0.2, 0.25) is 0 Å². The largest absolute Gasteiger partial charge is 0.481 e. The van der Waals surface area contributed by atoms with E-state index in [1.54, 1.807) is 13.8 Å². The van der Waals surface area contributed by atoms with Crippen LogP contribution in [0.2, 0.25) is 0 Å². The molecule has 0 radical (unpaired) electrons. The van der Waals surface area contributed by atoms with Crippen molar-refractivity contribution in [1.29, 1.82) is 0 Å². The van der Waals surface area contributed by atoms with Crippen molar-refractivity contribution < 1.29 is 34.1 Å². The molecule has 0 aliphatic carbocycles. The highest BCUT2D eigenvalue weighted by atomic mass is 16.6. The Bertz CT molecular complexity index is 362. The van der Waals surface area contributed by atoms with Crippen LogP contribution in [0, 0.1) is 5.92 Å². The van der Waals surface area contributed by atoms with Crippen LogP contribution in [-0.4, -0.2) is 46.4 Å². The van der Waals surface area contributed by atoms with Gasteiger partial charge < -0.3 is 19.7 Å². The zero-order valence-corrected chi connectivity index (χ0v) is 12.2. The Kier molecular flexibility index (Phi) is 7.20. The molecule has 0 aliphatic rings. The highest BCUT2D eigenvalue weighted by Crippen LogP contribution is 2.20. The Balaban J connectivity index is 4.81. The summed E-state index contributed by atoms with van der Waals surface area (Å²) in [6, 6.07) is 0. The summed E-state index contributed by atoms with van der Waals surface area (Å²) in [7, 11) is 0. The topological polar surface area (TPSA) is 110 Å². The molecule has 0 fully saturated rings. The molecule has 0 aliphatic heterocycles. The Labute approximate surface area is 117 Å². The molecule has 0 aromatic heterocycles. The fourth-order valence-electron chi connectivity index (χ4n) is 1.33. The third kappa shape index (κ3) is 7.08. The predicted octanol–water partition coefficient (Wildman–Crippen LogP) is 0.733. The van der Waals surface area contributed by atoms with Crippen LogP contribution in [0.5, 0.6) is 0 Å². The molecule has 7 heteroatoms. The first kappa shape index (κ1) is 18.4. The maximum Gasteiger partial charge on any atom is 0.339 e. The number of ether oxygens (including phenoxy) is 2. The van der Waals surface area contributed by atoms with E-state index in [4.69, 9.17) is 14.6 Å². The summed E-state index contributed by atoms with van der Waals surface area (Å²) in [4.78, 5) is 34.0. The molecular weight excluding hydrogens is 268 g/mol. The molecule has 1 unspecified atom stereocenters. The van der Waals surface area contributed by atoms with Gasteiger partial charge >= 0.3 is 17.9 Å². The quantitative estimate of drug-likeness (QED) is 0.634. The van der Waals surface area contributed by atoms with E-state index >= 15 is 0 Å². The molecule has 0 amide bonds. The average Bonchev–Trinajstić information content (AvgIpc) is 2.24. The van der Waals surface area contributed by atoms with Crippen molar-refractivity contribution in [2.24, 2.45) is 5.92 Å². The average molecular weight is 290 g/mol. The third-order valence-corrected chi connectivity index (χ3v) is 2.18. The summed E-state index contributed by atoms with van der Waals surface area (Å²) in [5, 5.41) is 18.8. The summed E-state index contributed by atoms with van der Waals surface area (Å²) in [6.07, 6.45) is -2.21. The second-order valence-corrected chi connectivity index (χ2v) is 5.31. The van der Waals surface area contributed by atoms with E-state index in [1.165, 1.54) is 0 Å². The minimum absolute atomic E-state index is 0.0918. The van der Waals surface area contributed by atoms with Gasteiger partial charge in [0.05, 0.1) is 25.6 Å². The fourth-order valence-corrected chi connectivity index (χ4v) is 1.33. The maximum absolute atomic E-state index is 11.7. The second kappa shape index (κ2) is 7.84. The SMILES string of the molecule is CC(C)COC(=O)CC(O)(CC(=O)O)C(=O)OC(C)C. The van der Waals surface area contributed by atoms with Crippen molar-refractivity contribution >= 4 is 17.9 Å². The smallest absolute Gasteiger partial charge is 0.339 e. The number of carbonyl (C=O) groups excluding carboxylic acids is 2. The molecule has 0 aromatic carbocycles. The Morgan fingerprint density at radius 2 is 1.65 bits per heavy atom. The van der Waals surface area contributed by atoms with E-state index in [1.807, 2.05) is 13.8 Å². The van der Waals surface area contributed by atoms with E-state index < -0.39 is 42.5 Å². The lowest BCUT2D eigenvalue weighted by Crippen LogP contribution is -2.45. The molecule has 1 atom stereocenters. The molecule has 0 saturated heterocycles. The van der Waals surface area contributed by atoms with Gasteiger partial charge in [0.15, 0.2) is 5.60 Å². The van der Waals surface area contributed by atoms with Gasteiger partial charge in [0, 0.05) is 0 Å². The third-order valence-electron chi connectivity index (χ3n) is 2.18. The van der Waals surface area contributed by atoms with E-state index in [9.17, 15) is 19.5 Å². The number of carboxylic acids is 1. The number of carboxylic acid groups (broad SMARTS) is 1. The van der Waals surface area contributed by atoms with Crippen LogP contribution in [0.1, 0.15) is 40.5 Å². The fraction of sp³-hybridized carbons (Fsp3) is 0.769. The molecule has 2 N–H and O–H groups in total. The molecule has 20 heavy (non-hydrogen) atoms. The lowest BCUT2D eigenvalue weighted by Gasteiger charge is -2.24. The van der Waals surface area contributed by atoms with Crippen LogP contribution >= 0.6 is 0 Å². The minimum Gasteiger partial charge on any atom is -0.481 e. The molecule has 116 valence electrons. The van der Waals surface area contributed by atoms with Crippen molar-refractivity contribution in [3.05, 3.63) is 0 Å². The van der Waals surface area contributed by atoms with Gasteiger partial charge in [-0.3, -0.25) is 9.59 Å². The van der Waals surface area contributed by atoms with Crippen LogP contribution in [-0.2, 0) is 23.9 Å². The summed E-state index contributed by atoms with van der Waals surface area (Å²) in [5.74, 6) is -3.31. The monoisotopic (exact) mass is 290 g/mol. The van der Waals surface area contributed by atoms with Crippen molar-refractivity contribution in [3.63, 3.8) is 0 Å². The zero-order valence-electron chi connectivity index (χ0n) is 12.2. The number of hydrogen-bond donors (Lipinski definition) is 2. The minimum atomic E-state index is -2.41. The molecule has 0 bridgehead atoms. The van der Waals surface area contributed by atoms with Crippen molar-refractivity contribution in [2.75, 3.05) is 6.61 Å². The molecule has 0 rings (SSSR count). The zero-order chi connectivity index (χ0) is 15.9. The predicted molar refractivity (Wildman–Crippen MR) is 68.8 cm³/mol. The van der Waals surface area contributed by atoms with Crippen LogP contribution in [0.15, 0.2) is 0 Å². The first-order valence-corrected chi connectivity index (χ1v) is 6.37. The van der Waals surface area contributed by atoms with Gasteiger partial charge in [-0.2, -0.15) is 0 Å². The second-order valence-electron chi connectivity index (χ2n) is 5.31. The van der Waals surface area contributed by atoms with Gasteiger partial charge in [0.1, 0.15) is 0 Å². The lowest BCUT2D eigenvalue weighted by atomic mass is 9.95. The van der Waals surface area contributed by atoms with Gasteiger partial charge in [0.25, 0.3) is 0 Å². The standard InChI is InChI=1S/C13H22O7/c1-8(2)7-19-11(16)6-13(18,5-10(14)15)12(17)20-9(3)4/h8-9,18H,5-7H2,1-4H3,(H,14,15). The summed E-state index contributed by atoms with van der Waals surface area (Å²) in [6.45, 7) is 6.88. The van der Waals surface area contributed by atoms with Crippen molar-refractivity contribution in [1.82, 2.24) is 0 Å². The van der Waals surface area contributed by atoms with Crippen molar-refractivity contribution in [3.8, 4) is 0 Å². The lowest BCUT2D eigenvalue weighted by molar-refractivity contribution is -0.179. The highest BCUT2D eigenvalue weighted by Gasteiger charge is 2.43. The number of hydrogen-bond acceptors (Lipinski definition) is 6. The van der Waals surface area contributed by atoms with Gasteiger partial charge in [-0.1, -0.05) is 13.8 Å². The molecule has 0 spiro atoms. The first-order valence-electron chi connectivity index (χ1n) is 6.37. The summed E-state index contributed by atoms with van der Waals surface area (Å²) in [5.41, 5.74) is -2.41. The van der Waals surface area contributed by atoms with Gasteiger partial charge in [-0.15, -0.1) is 0 Å². The van der Waals surface area contributed by atoms with Crippen LogP contribution in [0.3, 0.4) is 0 Å². The molecule has 0 saturated carbocycles. The van der Waals surface area contributed by atoms with E-state index in [2.05, 4.69) is 0 Å². The first-order chi connectivity index (χ1) is 9.06. The summed E-state index contributed by atoms with van der Waals surface area (Å²) >= 11 is 0. The van der Waals surface area contributed by atoms with E-state index in [0.29, 0.717) is 0 Å². The number of aliphatic hydroxyl groups is 1. The van der Waals surface area contributed by atoms with Crippen LogP contribution in [0.25, 0.3) is 0 Å². The van der Waals surface area contributed by atoms with E-state index in [0.717, 1.165) is 0 Å². The molecule has 7 nitrogen and oxygen atoms in total. The van der Waals surface area contributed by atoms with Crippen LogP contribution in [0.4, 0.5) is 0 Å². The Morgan fingerprint density at radius 3 is 2.05 bits per heavy atom. The normalized spacial score (nSPS) is 13.9. The van der Waals surface area contributed by atoms with Gasteiger partial charge in [-0.05, 0) is 19.8 Å². The van der Waals surface area contributed by atoms with E-state index in [-0.39, 0.29) is 12.5 Å². The number of esters is 2. The molecule has 0 heterocycles. The molecular formula is C13H22O7. The van der Waals surface area contributed by atoms with Crippen LogP contribution < -0.4 is 0 Å².